The van der Waals surface area contributed by atoms with E-state index in [0.717, 1.165) is 44.3 Å². The molecule has 0 spiro atoms. The molecule has 3 rings (SSSR count). The Hall–Kier alpha value is -2.78. The van der Waals surface area contributed by atoms with Gasteiger partial charge in [-0.1, -0.05) is 18.9 Å². The molecule has 0 saturated carbocycles. The molecule has 0 atom stereocenters. The molecule has 1 N–H and O–H groups in total. The number of carbonyl (C=O) groups is 1. The highest BCUT2D eigenvalue weighted by Gasteiger charge is 2.17. The Morgan fingerprint density at radius 1 is 0.939 bits per heavy atom. The largest absolute Gasteiger partial charge is 0.493 e. The van der Waals surface area contributed by atoms with Gasteiger partial charge in [0, 0.05) is 19.6 Å². The topological polar surface area (TPSA) is 94.2 Å². The van der Waals surface area contributed by atoms with Crippen LogP contribution in [0, 0.1) is 0 Å². The Morgan fingerprint density at radius 3 is 2.24 bits per heavy atom. The van der Waals surface area contributed by atoms with Crippen molar-refractivity contribution < 1.29 is 27.4 Å². The van der Waals surface area contributed by atoms with E-state index in [-0.39, 0.29) is 24.0 Å². The molecule has 2 aromatic rings. The molecule has 1 aliphatic rings. The predicted octanol–water partition coefficient (Wildman–Crippen LogP) is 3.01. The highest BCUT2D eigenvalue weighted by Crippen LogP contribution is 2.27. The number of carbonyl (C=O) groups excluding carboxylic acids is 1. The second-order valence-electron chi connectivity index (χ2n) is 7.89. The molecule has 1 saturated heterocycles. The number of nitrogens with zero attached hydrogens (tertiary/aromatic N) is 1. The average molecular weight is 477 g/mol. The van der Waals surface area contributed by atoms with Gasteiger partial charge < -0.3 is 19.1 Å². The van der Waals surface area contributed by atoms with Crippen LogP contribution in [-0.2, 0) is 21.2 Å². The van der Waals surface area contributed by atoms with Gasteiger partial charge in [0.15, 0.2) is 18.1 Å². The van der Waals surface area contributed by atoms with Gasteiger partial charge in [0.05, 0.1) is 19.1 Å². The Kier molecular flexibility index (Phi) is 8.96. The van der Waals surface area contributed by atoms with Gasteiger partial charge in [-0.2, -0.15) is 0 Å². The predicted molar refractivity (Wildman–Crippen MR) is 125 cm³/mol. The van der Waals surface area contributed by atoms with E-state index in [9.17, 15) is 13.2 Å². The van der Waals surface area contributed by atoms with Crippen LogP contribution in [0.15, 0.2) is 47.4 Å². The molecule has 0 bridgehead atoms. The molecule has 0 unspecified atom stereocenters. The van der Waals surface area contributed by atoms with Gasteiger partial charge in [0.2, 0.25) is 10.0 Å². The third-order valence-corrected chi connectivity index (χ3v) is 7.09. The summed E-state index contributed by atoms with van der Waals surface area (Å²) in [4.78, 5) is 14.3. The van der Waals surface area contributed by atoms with Crippen LogP contribution in [0.1, 0.15) is 31.2 Å². The second-order valence-corrected chi connectivity index (χ2v) is 9.66. The first kappa shape index (κ1) is 24.9. The number of nitrogens with one attached hydrogen (secondary N) is 1. The lowest BCUT2D eigenvalue weighted by Crippen LogP contribution is -2.35. The summed E-state index contributed by atoms with van der Waals surface area (Å²) in [5, 5.41) is 0. The zero-order chi connectivity index (χ0) is 23.7. The summed E-state index contributed by atoms with van der Waals surface area (Å²) in [6.45, 7) is 1.73. The van der Waals surface area contributed by atoms with Crippen LogP contribution in [0.2, 0.25) is 0 Å². The Bertz CT molecular complexity index is 1020. The number of hydrogen-bond acceptors (Lipinski definition) is 6. The van der Waals surface area contributed by atoms with E-state index >= 15 is 0 Å². The van der Waals surface area contributed by atoms with Crippen molar-refractivity contribution in [2.24, 2.45) is 0 Å². The second kappa shape index (κ2) is 11.9. The summed E-state index contributed by atoms with van der Waals surface area (Å²) in [6, 6.07) is 11.6. The van der Waals surface area contributed by atoms with Crippen molar-refractivity contribution in [3.63, 3.8) is 0 Å². The number of hydrogen-bond donors (Lipinski definition) is 1. The third kappa shape index (κ3) is 7.10. The SMILES string of the molecule is COc1ccc(CCNS(=O)(=O)c2ccc(OCC(=O)N3CCCCCC3)cc2)cc1OC. The molecular weight excluding hydrogens is 444 g/mol. The molecule has 8 nitrogen and oxygen atoms in total. The molecule has 0 aromatic heterocycles. The summed E-state index contributed by atoms with van der Waals surface area (Å²) in [7, 11) is -0.542. The summed E-state index contributed by atoms with van der Waals surface area (Å²) < 4.78 is 43.9. The van der Waals surface area contributed by atoms with Crippen LogP contribution in [0.4, 0.5) is 0 Å². The quantitative estimate of drug-likeness (QED) is 0.567. The highest BCUT2D eigenvalue weighted by molar-refractivity contribution is 7.89. The average Bonchev–Trinajstić information content (AvgIpc) is 3.12. The maximum absolute atomic E-state index is 12.6. The van der Waals surface area contributed by atoms with Gasteiger partial charge in [0.25, 0.3) is 5.91 Å². The maximum Gasteiger partial charge on any atom is 0.260 e. The smallest absolute Gasteiger partial charge is 0.260 e. The van der Waals surface area contributed by atoms with Crippen LogP contribution in [0.3, 0.4) is 0 Å². The van der Waals surface area contributed by atoms with E-state index in [1.54, 1.807) is 32.4 Å². The van der Waals surface area contributed by atoms with Crippen molar-refractivity contribution in [3.05, 3.63) is 48.0 Å². The van der Waals surface area contributed by atoms with Crippen molar-refractivity contribution in [2.75, 3.05) is 40.5 Å². The van der Waals surface area contributed by atoms with Gasteiger partial charge in [-0.3, -0.25) is 4.79 Å². The van der Waals surface area contributed by atoms with Crippen LogP contribution >= 0.6 is 0 Å². The number of rotatable bonds is 10. The molecule has 1 aliphatic heterocycles. The molecule has 33 heavy (non-hydrogen) atoms. The zero-order valence-electron chi connectivity index (χ0n) is 19.2. The van der Waals surface area contributed by atoms with Crippen LogP contribution in [-0.4, -0.2) is 59.7 Å². The zero-order valence-corrected chi connectivity index (χ0v) is 20.0. The number of sulfonamides is 1. The monoisotopic (exact) mass is 476 g/mol. The van der Waals surface area contributed by atoms with Crippen LogP contribution in [0.5, 0.6) is 17.2 Å². The molecule has 0 aliphatic carbocycles. The van der Waals surface area contributed by atoms with Gasteiger partial charge in [-0.05, 0) is 61.2 Å². The third-order valence-electron chi connectivity index (χ3n) is 5.61. The van der Waals surface area contributed by atoms with Crippen LogP contribution < -0.4 is 18.9 Å². The Labute approximate surface area is 195 Å². The van der Waals surface area contributed by atoms with Gasteiger partial charge in [-0.25, -0.2) is 13.1 Å². The Morgan fingerprint density at radius 2 is 1.61 bits per heavy atom. The minimum Gasteiger partial charge on any atom is -0.493 e. The molecule has 1 fully saturated rings. The number of benzene rings is 2. The first-order valence-electron chi connectivity index (χ1n) is 11.1. The maximum atomic E-state index is 12.6. The van der Waals surface area contributed by atoms with Gasteiger partial charge in [0.1, 0.15) is 5.75 Å². The molecule has 0 radical (unpaired) electrons. The van der Waals surface area contributed by atoms with E-state index < -0.39 is 10.0 Å². The number of amides is 1. The van der Waals surface area contributed by atoms with E-state index in [0.29, 0.717) is 23.7 Å². The van der Waals surface area contributed by atoms with Crippen molar-refractivity contribution in [1.82, 2.24) is 9.62 Å². The summed E-state index contributed by atoms with van der Waals surface area (Å²) >= 11 is 0. The molecule has 1 amide bonds. The van der Waals surface area contributed by atoms with Crippen molar-refractivity contribution in [3.8, 4) is 17.2 Å². The highest BCUT2D eigenvalue weighted by atomic mass is 32.2. The summed E-state index contributed by atoms with van der Waals surface area (Å²) in [5.74, 6) is 1.65. The number of methoxy groups -OCH3 is 2. The fourth-order valence-electron chi connectivity index (χ4n) is 3.72. The van der Waals surface area contributed by atoms with Gasteiger partial charge >= 0.3 is 0 Å². The molecule has 1 heterocycles. The molecule has 180 valence electrons. The first-order valence-corrected chi connectivity index (χ1v) is 12.6. The van der Waals surface area contributed by atoms with Crippen molar-refractivity contribution in [2.45, 2.75) is 37.0 Å². The lowest BCUT2D eigenvalue weighted by Gasteiger charge is -2.20. The summed E-state index contributed by atoms with van der Waals surface area (Å²) in [5.41, 5.74) is 0.924. The fraction of sp³-hybridized carbons (Fsp3) is 0.458. The molecular formula is C24H32N2O6S. The lowest BCUT2D eigenvalue weighted by atomic mass is 10.1. The Balaban J connectivity index is 1.50. The minimum absolute atomic E-state index is 0.0366. The van der Waals surface area contributed by atoms with E-state index in [1.165, 1.54) is 12.1 Å². The minimum atomic E-state index is -3.66. The van der Waals surface area contributed by atoms with Crippen molar-refractivity contribution in [1.29, 1.82) is 0 Å². The van der Waals surface area contributed by atoms with E-state index in [1.807, 2.05) is 17.0 Å². The number of ether oxygens (including phenoxy) is 3. The van der Waals surface area contributed by atoms with E-state index in [4.69, 9.17) is 14.2 Å². The van der Waals surface area contributed by atoms with Crippen molar-refractivity contribution >= 4 is 15.9 Å². The lowest BCUT2D eigenvalue weighted by molar-refractivity contribution is -0.133. The van der Waals surface area contributed by atoms with Crippen LogP contribution in [0.25, 0.3) is 0 Å². The van der Waals surface area contributed by atoms with Gasteiger partial charge in [-0.15, -0.1) is 0 Å². The van der Waals surface area contributed by atoms with E-state index in [2.05, 4.69) is 4.72 Å². The fourth-order valence-corrected chi connectivity index (χ4v) is 4.75. The summed E-state index contributed by atoms with van der Waals surface area (Å²) in [6.07, 6.45) is 4.86. The first-order chi connectivity index (χ1) is 15.9. The number of likely N-dealkylation sites (tertiary alicyclic amines) is 1. The molecule has 2 aromatic carbocycles. The molecule has 9 heteroatoms. The standard InChI is InChI=1S/C24H32N2O6S/c1-30-22-12-7-19(17-23(22)31-2)13-14-25-33(28,29)21-10-8-20(9-11-21)32-18-24(27)26-15-5-3-4-6-16-26/h7-12,17,25H,3-6,13-16,18H2,1-2H3. The normalized spacial score (nSPS) is 14.4.